The lowest BCUT2D eigenvalue weighted by Gasteiger charge is -2.09. The fraction of sp³-hybridized carbons (Fsp3) is 0.462. The van der Waals surface area contributed by atoms with E-state index in [2.05, 4.69) is 20.3 Å². The Morgan fingerprint density at radius 3 is 3.33 bits per heavy atom. The highest BCUT2D eigenvalue weighted by molar-refractivity contribution is 7.99. The van der Waals surface area contributed by atoms with Crippen molar-refractivity contribution in [2.24, 2.45) is 0 Å². The number of rotatable bonds is 5. The van der Waals surface area contributed by atoms with E-state index in [1.54, 1.807) is 12.3 Å². The molecule has 2 aromatic rings. The Balaban J connectivity index is 1.49. The number of nitrogens with zero attached hydrogens (tertiary/aromatic N) is 2. The van der Waals surface area contributed by atoms with Gasteiger partial charge in [-0.05, 0) is 18.9 Å². The highest BCUT2D eigenvalue weighted by atomic mass is 35.5. The van der Waals surface area contributed by atoms with Gasteiger partial charge in [0.1, 0.15) is 0 Å². The summed E-state index contributed by atoms with van der Waals surface area (Å²) >= 11 is 7.21. The quantitative estimate of drug-likeness (QED) is 0.821. The van der Waals surface area contributed by atoms with Gasteiger partial charge in [0.25, 0.3) is 0 Å². The van der Waals surface area contributed by atoms with E-state index in [9.17, 15) is 4.79 Å². The Morgan fingerprint density at radius 1 is 1.62 bits per heavy atom. The standard InChI is InChI=1S/C13H15ClN4O2S/c14-8-4-10-12(16-5-8)18-13(17-10)21-7-11(19)15-6-9-2-1-3-20-9/h4-5,9H,1-3,6-7H2,(H,15,19)(H,16,17,18)/t9-/m1/s1. The summed E-state index contributed by atoms with van der Waals surface area (Å²) in [7, 11) is 0. The molecule has 1 amide bonds. The number of H-pyrrole nitrogens is 1. The molecule has 1 aliphatic rings. The Labute approximate surface area is 131 Å². The average molecular weight is 327 g/mol. The Hall–Kier alpha value is -1.31. The van der Waals surface area contributed by atoms with Crippen molar-refractivity contribution in [1.82, 2.24) is 20.3 Å². The van der Waals surface area contributed by atoms with Crippen molar-refractivity contribution in [2.45, 2.75) is 24.1 Å². The van der Waals surface area contributed by atoms with Crippen molar-refractivity contribution in [3.8, 4) is 0 Å². The van der Waals surface area contributed by atoms with Crippen molar-refractivity contribution in [3.05, 3.63) is 17.3 Å². The van der Waals surface area contributed by atoms with Gasteiger partial charge in [-0.2, -0.15) is 0 Å². The fourth-order valence-corrected chi connectivity index (χ4v) is 3.00. The SMILES string of the molecule is O=C(CSc1nc2ncc(Cl)cc2[nH]1)NC[C@H]1CCCO1. The van der Waals surface area contributed by atoms with Gasteiger partial charge in [0.05, 0.1) is 22.4 Å². The molecule has 3 rings (SSSR count). The van der Waals surface area contributed by atoms with Gasteiger partial charge in [-0.1, -0.05) is 23.4 Å². The largest absolute Gasteiger partial charge is 0.376 e. The topological polar surface area (TPSA) is 79.9 Å². The number of thioether (sulfide) groups is 1. The van der Waals surface area contributed by atoms with Crippen LogP contribution in [0.1, 0.15) is 12.8 Å². The number of fused-ring (bicyclic) bond motifs is 1. The van der Waals surface area contributed by atoms with Crippen molar-refractivity contribution < 1.29 is 9.53 Å². The molecule has 0 unspecified atom stereocenters. The van der Waals surface area contributed by atoms with Gasteiger partial charge < -0.3 is 15.0 Å². The van der Waals surface area contributed by atoms with Gasteiger partial charge in [0, 0.05) is 19.3 Å². The number of hydrogen-bond acceptors (Lipinski definition) is 5. The molecular weight excluding hydrogens is 312 g/mol. The smallest absolute Gasteiger partial charge is 0.230 e. The van der Waals surface area contributed by atoms with E-state index in [1.165, 1.54) is 11.8 Å². The van der Waals surface area contributed by atoms with E-state index in [0.717, 1.165) is 25.0 Å². The number of halogens is 1. The van der Waals surface area contributed by atoms with Crippen LogP contribution in [-0.2, 0) is 9.53 Å². The third-order valence-electron chi connectivity index (χ3n) is 3.17. The minimum absolute atomic E-state index is 0.0260. The molecule has 0 bridgehead atoms. The molecule has 8 heteroatoms. The summed E-state index contributed by atoms with van der Waals surface area (Å²) < 4.78 is 5.46. The van der Waals surface area contributed by atoms with Crippen molar-refractivity contribution in [3.63, 3.8) is 0 Å². The highest BCUT2D eigenvalue weighted by Crippen LogP contribution is 2.20. The number of aromatic nitrogens is 3. The predicted octanol–water partition coefficient (Wildman–Crippen LogP) is 2.00. The summed E-state index contributed by atoms with van der Waals surface area (Å²) in [6, 6.07) is 1.76. The van der Waals surface area contributed by atoms with E-state index in [0.29, 0.717) is 28.1 Å². The van der Waals surface area contributed by atoms with Gasteiger partial charge in [-0.15, -0.1) is 0 Å². The van der Waals surface area contributed by atoms with Crippen LogP contribution in [0.2, 0.25) is 5.02 Å². The number of carbonyl (C=O) groups is 1. The lowest BCUT2D eigenvalue weighted by molar-refractivity contribution is -0.119. The van der Waals surface area contributed by atoms with E-state index in [-0.39, 0.29) is 12.0 Å². The lowest BCUT2D eigenvalue weighted by Crippen LogP contribution is -2.32. The normalized spacial score (nSPS) is 18.2. The maximum atomic E-state index is 11.8. The minimum Gasteiger partial charge on any atom is -0.376 e. The number of hydrogen-bond donors (Lipinski definition) is 2. The van der Waals surface area contributed by atoms with Gasteiger partial charge in [0.15, 0.2) is 10.8 Å². The summed E-state index contributed by atoms with van der Waals surface area (Å²) in [6.45, 7) is 1.38. The van der Waals surface area contributed by atoms with Crippen LogP contribution in [-0.4, -0.2) is 45.9 Å². The Morgan fingerprint density at radius 2 is 2.52 bits per heavy atom. The molecule has 0 radical (unpaired) electrons. The molecule has 2 N–H and O–H groups in total. The second kappa shape index (κ2) is 6.64. The van der Waals surface area contributed by atoms with Crippen molar-refractivity contribution >= 4 is 40.4 Å². The summed E-state index contributed by atoms with van der Waals surface area (Å²) in [5.74, 6) is 0.280. The predicted molar refractivity (Wildman–Crippen MR) is 81.6 cm³/mol. The van der Waals surface area contributed by atoms with Crippen LogP contribution in [0.4, 0.5) is 0 Å². The molecule has 0 aromatic carbocycles. The molecule has 1 aliphatic heterocycles. The molecule has 21 heavy (non-hydrogen) atoms. The molecule has 0 saturated carbocycles. The molecule has 0 aliphatic carbocycles. The summed E-state index contributed by atoms with van der Waals surface area (Å²) in [5.41, 5.74) is 1.37. The van der Waals surface area contributed by atoms with Crippen LogP contribution in [0.5, 0.6) is 0 Å². The second-order valence-electron chi connectivity index (χ2n) is 4.79. The lowest BCUT2D eigenvalue weighted by atomic mass is 10.2. The second-order valence-corrected chi connectivity index (χ2v) is 6.19. The van der Waals surface area contributed by atoms with E-state index in [1.807, 2.05) is 0 Å². The summed E-state index contributed by atoms with van der Waals surface area (Å²) in [6.07, 6.45) is 3.80. The molecule has 1 fully saturated rings. The third kappa shape index (κ3) is 3.87. The van der Waals surface area contributed by atoms with Gasteiger partial charge in [0.2, 0.25) is 5.91 Å². The van der Waals surface area contributed by atoms with E-state index < -0.39 is 0 Å². The monoisotopic (exact) mass is 326 g/mol. The number of imidazole rings is 1. The number of amides is 1. The first-order chi connectivity index (χ1) is 10.2. The Bertz CT molecular complexity index is 642. The molecule has 112 valence electrons. The minimum atomic E-state index is -0.0260. The maximum absolute atomic E-state index is 11.8. The molecule has 2 aromatic heterocycles. The van der Waals surface area contributed by atoms with Gasteiger partial charge in [-0.3, -0.25) is 4.79 Å². The number of aromatic amines is 1. The van der Waals surface area contributed by atoms with Crippen LogP contribution in [0.25, 0.3) is 11.2 Å². The van der Waals surface area contributed by atoms with E-state index >= 15 is 0 Å². The van der Waals surface area contributed by atoms with E-state index in [4.69, 9.17) is 16.3 Å². The zero-order chi connectivity index (χ0) is 14.7. The zero-order valence-electron chi connectivity index (χ0n) is 11.3. The first kappa shape index (κ1) is 14.6. The average Bonchev–Trinajstić information content (AvgIpc) is 3.11. The van der Waals surface area contributed by atoms with Crippen LogP contribution < -0.4 is 5.32 Å². The fourth-order valence-electron chi connectivity index (χ4n) is 2.14. The third-order valence-corrected chi connectivity index (χ3v) is 4.25. The maximum Gasteiger partial charge on any atom is 0.230 e. The Kier molecular flexibility index (Phi) is 4.62. The van der Waals surface area contributed by atoms with Crippen LogP contribution in [0.15, 0.2) is 17.4 Å². The van der Waals surface area contributed by atoms with Crippen molar-refractivity contribution in [1.29, 1.82) is 0 Å². The van der Waals surface area contributed by atoms with Crippen LogP contribution >= 0.6 is 23.4 Å². The summed E-state index contributed by atoms with van der Waals surface area (Å²) in [5, 5.41) is 4.09. The number of nitrogens with one attached hydrogen (secondary N) is 2. The van der Waals surface area contributed by atoms with Crippen LogP contribution in [0, 0.1) is 0 Å². The molecule has 1 saturated heterocycles. The van der Waals surface area contributed by atoms with Crippen LogP contribution in [0.3, 0.4) is 0 Å². The highest BCUT2D eigenvalue weighted by Gasteiger charge is 2.16. The first-order valence-electron chi connectivity index (χ1n) is 6.73. The molecule has 1 atom stereocenters. The summed E-state index contributed by atoms with van der Waals surface area (Å²) in [4.78, 5) is 23.3. The molecule has 6 nitrogen and oxygen atoms in total. The zero-order valence-corrected chi connectivity index (χ0v) is 12.8. The number of pyridine rings is 1. The van der Waals surface area contributed by atoms with Crippen molar-refractivity contribution in [2.75, 3.05) is 18.9 Å². The van der Waals surface area contributed by atoms with Gasteiger partial charge >= 0.3 is 0 Å². The first-order valence-corrected chi connectivity index (χ1v) is 8.09. The molecule has 0 spiro atoms. The molecular formula is C13H15ClN4O2S. The number of carbonyl (C=O) groups excluding carboxylic acids is 1. The molecule has 3 heterocycles. The van der Waals surface area contributed by atoms with Gasteiger partial charge in [-0.25, -0.2) is 9.97 Å². The number of ether oxygens (including phenoxy) is 1.